The predicted molar refractivity (Wildman–Crippen MR) is 75.3 cm³/mol. The average molecular weight is 274 g/mol. The molecule has 0 spiro atoms. The number of carbonyl (C=O) groups is 2. The topological polar surface area (TPSA) is 87.5 Å². The van der Waals surface area contributed by atoms with Crippen molar-refractivity contribution in [1.82, 2.24) is 15.5 Å². The highest BCUT2D eigenvalue weighted by molar-refractivity contribution is 7.80. The van der Waals surface area contributed by atoms with Gasteiger partial charge in [-0.05, 0) is 27.7 Å². The van der Waals surface area contributed by atoms with Crippen molar-refractivity contribution in [2.75, 3.05) is 13.1 Å². The quantitative estimate of drug-likeness (QED) is 0.603. The molecule has 0 aromatic rings. The second-order valence-electron chi connectivity index (χ2n) is 4.26. The summed E-state index contributed by atoms with van der Waals surface area (Å²) in [6, 6.07) is -0.871. The molecule has 0 saturated carbocycles. The molecular formula is C11H22N4O2S. The number of amides is 3. The Kier molecular flexibility index (Phi) is 7.45. The van der Waals surface area contributed by atoms with Crippen LogP contribution in [0.25, 0.3) is 0 Å². The van der Waals surface area contributed by atoms with Crippen LogP contribution in [0.1, 0.15) is 27.7 Å². The Morgan fingerprint density at radius 3 is 2.28 bits per heavy atom. The smallest absolute Gasteiger partial charge is 0.321 e. The van der Waals surface area contributed by atoms with Crippen molar-refractivity contribution in [2.45, 2.75) is 39.8 Å². The zero-order valence-electron chi connectivity index (χ0n) is 11.3. The van der Waals surface area contributed by atoms with E-state index in [1.165, 1.54) is 0 Å². The van der Waals surface area contributed by atoms with Crippen molar-refractivity contribution < 1.29 is 9.59 Å². The van der Waals surface area contributed by atoms with E-state index in [2.05, 4.69) is 10.6 Å². The zero-order valence-corrected chi connectivity index (χ0v) is 12.1. The van der Waals surface area contributed by atoms with Crippen LogP contribution >= 0.6 is 12.2 Å². The molecule has 0 rings (SSSR count). The molecule has 0 fully saturated rings. The van der Waals surface area contributed by atoms with Crippen molar-refractivity contribution in [3.8, 4) is 0 Å². The molecule has 1 unspecified atom stereocenters. The number of carbonyl (C=O) groups excluding carboxylic acids is 2. The van der Waals surface area contributed by atoms with Gasteiger partial charge < -0.3 is 11.1 Å². The molecule has 18 heavy (non-hydrogen) atoms. The molecular weight excluding hydrogens is 252 g/mol. The van der Waals surface area contributed by atoms with Gasteiger partial charge in [0.15, 0.2) is 0 Å². The summed E-state index contributed by atoms with van der Waals surface area (Å²) in [5.74, 6) is -0.370. The van der Waals surface area contributed by atoms with Crippen LogP contribution in [0.15, 0.2) is 0 Å². The Labute approximate surface area is 113 Å². The summed E-state index contributed by atoms with van der Waals surface area (Å²) >= 11 is 4.85. The molecule has 0 saturated heterocycles. The number of nitrogens with zero attached hydrogens (tertiary/aromatic N) is 1. The van der Waals surface area contributed by atoms with Crippen molar-refractivity contribution in [2.24, 2.45) is 5.73 Å². The van der Waals surface area contributed by atoms with E-state index in [1.54, 1.807) is 13.8 Å². The van der Waals surface area contributed by atoms with E-state index in [-0.39, 0.29) is 11.9 Å². The third kappa shape index (κ3) is 5.92. The van der Waals surface area contributed by atoms with Gasteiger partial charge in [-0.15, -0.1) is 0 Å². The van der Waals surface area contributed by atoms with E-state index in [0.29, 0.717) is 18.1 Å². The Hall–Kier alpha value is -1.21. The Morgan fingerprint density at radius 1 is 1.33 bits per heavy atom. The fraction of sp³-hybridized carbons (Fsp3) is 0.727. The van der Waals surface area contributed by atoms with Gasteiger partial charge in [0.1, 0.15) is 0 Å². The highest BCUT2D eigenvalue weighted by atomic mass is 32.1. The van der Waals surface area contributed by atoms with E-state index >= 15 is 0 Å². The van der Waals surface area contributed by atoms with Crippen molar-refractivity contribution >= 4 is 29.1 Å². The van der Waals surface area contributed by atoms with Crippen LogP contribution in [0, 0.1) is 0 Å². The summed E-state index contributed by atoms with van der Waals surface area (Å²) < 4.78 is 0. The minimum atomic E-state index is -0.492. The molecule has 0 aliphatic rings. The second-order valence-corrected chi connectivity index (χ2v) is 4.78. The fourth-order valence-corrected chi connectivity index (χ4v) is 1.67. The van der Waals surface area contributed by atoms with E-state index in [4.69, 9.17) is 18.0 Å². The van der Waals surface area contributed by atoms with Crippen molar-refractivity contribution in [3.63, 3.8) is 0 Å². The van der Waals surface area contributed by atoms with Gasteiger partial charge in [0, 0.05) is 19.1 Å². The first-order valence-electron chi connectivity index (χ1n) is 5.92. The highest BCUT2D eigenvalue weighted by Gasteiger charge is 2.25. The van der Waals surface area contributed by atoms with E-state index in [9.17, 15) is 9.59 Å². The van der Waals surface area contributed by atoms with Crippen LogP contribution in [-0.2, 0) is 4.79 Å². The average Bonchev–Trinajstić information content (AvgIpc) is 2.24. The minimum Gasteiger partial charge on any atom is -0.392 e. The number of rotatable bonds is 6. The lowest BCUT2D eigenvalue weighted by molar-refractivity contribution is -0.125. The number of urea groups is 1. The largest absolute Gasteiger partial charge is 0.392 e. The third-order valence-corrected chi connectivity index (χ3v) is 2.58. The maximum absolute atomic E-state index is 11.9. The number of nitrogens with one attached hydrogen (secondary N) is 2. The summed E-state index contributed by atoms with van der Waals surface area (Å²) in [6.07, 6.45) is 0. The summed E-state index contributed by atoms with van der Waals surface area (Å²) in [5, 5.41) is 4.77. The SMILES string of the molecule is CCNC(=O)NC(=O)C(C)N(CC(N)=S)C(C)C. The van der Waals surface area contributed by atoms with Gasteiger partial charge in [-0.2, -0.15) is 0 Å². The molecule has 0 aromatic carbocycles. The molecule has 1 atom stereocenters. The molecule has 6 nitrogen and oxygen atoms in total. The highest BCUT2D eigenvalue weighted by Crippen LogP contribution is 2.05. The molecule has 0 heterocycles. The first-order valence-corrected chi connectivity index (χ1v) is 6.33. The fourth-order valence-electron chi connectivity index (χ4n) is 1.52. The van der Waals surface area contributed by atoms with Gasteiger partial charge in [-0.25, -0.2) is 4.79 Å². The summed E-state index contributed by atoms with van der Waals surface area (Å²) in [6.45, 7) is 8.18. The summed E-state index contributed by atoms with van der Waals surface area (Å²) in [5.41, 5.74) is 5.50. The first kappa shape index (κ1) is 16.8. The second kappa shape index (κ2) is 7.99. The molecule has 0 aromatic heterocycles. The summed E-state index contributed by atoms with van der Waals surface area (Å²) in [7, 11) is 0. The molecule has 0 bridgehead atoms. The first-order chi connectivity index (χ1) is 8.29. The molecule has 0 aliphatic carbocycles. The van der Waals surface area contributed by atoms with Crippen molar-refractivity contribution in [1.29, 1.82) is 0 Å². The molecule has 4 N–H and O–H groups in total. The number of hydrogen-bond acceptors (Lipinski definition) is 4. The monoisotopic (exact) mass is 274 g/mol. The maximum atomic E-state index is 11.9. The Balaban J connectivity index is 4.56. The van der Waals surface area contributed by atoms with Gasteiger partial charge in [0.2, 0.25) is 5.91 Å². The molecule has 7 heteroatoms. The van der Waals surface area contributed by atoms with Crippen molar-refractivity contribution in [3.05, 3.63) is 0 Å². The van der Waals surface area contributed by atoms with Gasteiger partial charge in [0.05, 0.1) is 11.0 Å². The number of nitrogens with two attached hydrogens (primary N) is 1. The molecule has 0 aliphatic heterocycles. The van der Waals surface area contributed by atoms with Crippen LogP contribution in [0.2, 0.25) is 0 Å². The Bertz CT molecular complexity index is 320. The number of hydrogen-bond donors (Lipinski definition) is 3. The lowest BCUT2D eigenvalue weighted by Gasteiger charge is -2.31. The van der Waals surface area contributed by atoms with Gasteiger partial charge in [-0.1, -0.05) is 12.2 Å². The molecule has 104 valence electrons. The van der Waals surface area contributed by atoms with E-state index < -0.39 is 12.1 Å². The van der Waals surface area contributed by atoms with E-state index in [1.807, 2.05) is 18.7 Å². The van der Waals surface area contributed by atoms with Crippen LogP contribution in [0.5, 0.6) is 0 Å². The van der Waals surface area contributed by atoms with Crippen LogP contribution in [0.3, 0.4) is 0 Å². The summed E-state index contributed by atoms with van der Waals surface area (Å²) in [4.78, 5) is 25.3. The third-order valence-electron chi connectivity index (χ3n) is 2.45. The Morgan fingerprint density at radius 2 is 1.89 bits per heavy atom. The molecule has 0 radical (unpaired) electrons. The molecule has 3 amide bonds. The van der Waals surface area contributed by atoms with Crippen LogP contribution in [-0.4, -0.2) is 47.0 Å². The van der Waals surface area contributed by atoms with Crippen LogP contribution in [0.4, 0.5) is 4.79 Å². The normalized spacial score (nSPS) is 12.3. The zero-order chi connectivity index (χ0) is 14.3. The van der Waals surface area contributed by atoms with Crippen LogP contribution < -0.4 is 16.4 Å². The lowest BCUT2D eigenvalue weighted by atomic mass is 10.2. The lowest BCUT2D eigenvalue weighted by Crippen LogP contribution is -2.53. The maximum Gasteiger partial charge on any atom is 0.321 e. The van der Waals surface area contributed by atoms with Gasteiger partial charge in [-0.3, -0.25) is 15.0 Å². The van der Waals surface area contributed by atoms with Gasteiger partial charge in [0.25, 0.3) is 0 Å². The predicted octanol–water partition coefficient (Wildman–Crippen LogP) is 0.217. The van der Waals surface area contributed by atoms with E-state index in [0.717, 1.165) is 0 Å². The number of thiocarbonyl (C=S) groups is 1. The van der Waals surface area contributed by atoms with Gasteiger partial charge >= 0.3 is 6.03 Å². The minimum absolute atomic E-state index is 0.0986. The number of imide groups is 1. The standard InChI is InChI=1S/C11H22N4O2S/c1-5-13-11(17)14-10(16)8(4)15(7(2)3)6-9(12)18/h7-8H,5-6H2,1-4H3,(H2,12,18)(H2,13,14,16,17).